The summed E-state index contributed by atoms with van der Waals surface area (Å²) in [6.07, 6.45) is 28.0. The topological polar surface area (TPSA) is 9.23 Å². The molecule has 0 rings (SSSR count). The molecule has 2 heteroatoms. The van der Waals surface area contributed by atoms with Crippen molar-refractivity contribution in [2.24, 2.45) is 0 Å². The zero-order valence-electron chi connectivity index (χ0n) is 20.8. The predicted octanol–water partition coefficient (Wildman–Crippen LogP) is 10.0. The van der Waals surface area contributed by atoms with E-state index in [9.17, 15) is 0 Å². The Morgan fingerprint density at radius 1 is 0.483 bits per heavy atom. The maximum atomic E-state index is 6.44. The van der Waals surface area contributed by atoms with Gasteiger partial charge < -0.3 is 4.43 Å². The van der Waals surface area contributed by atoms with Crippen LogP contribution in [0, 0.1) is 12.0 Å². The van der Waals surface area contributed by atoms with E-state index in [0.29, 0.717) is 0 Å². The summed E-state index contributed by atoms with van der Waals surface area (Å²) in [6.45, 7) is 8.84. The summed E-state index contributed by atoms with van der Waals surface area (Å²) in [5.41, 5.74) is 0. The molecule has 0 aromatic carbocycles. The third kappa shape index (κ3) is 18.1. The normalized spacial score (nSPS) is 11.3. The van der Waals surface area contributed by atoms with Crippen molar-refractivity contribution in [2.75, 3.05) is 0 Å². The van der Waals surface area contributed by atoms with Crippen LogP contribution >= 0.6 is 0 Å². The van der Waals surface area contributed by atoms with E-state index in [-0.39, 0.29) is 0 Å². The Morgan fingerprint density at radius 2 is 0.793 bits per heavy atom. The monoisotopic (exact) mass is 422 g/mol. The van der Waals surface area contributed by atoms with Gasteiger partial charge in [0.1, 0.15) is 0 Å². The van der Waals surface area contributed by atoms with E-state index in [1.807, 2.05) is 6.92 Å². The Bertz CT molecular complexity index is 341. The third-order valence-corrected chi connectivity index (χ3v) is 10.7. The van der Waals surface area contributed by atoms with Crippen LogP contribution in [0.5, 0.6) is 0 Å². The van der Waals surface area contributed by atoms with Crippen LogP contribution in [0.1, 0.15) is 143 Å². The quantitative estimate of drug-likeness (QED) is 0.0957. The molecule has 0 spiro atoms. The molecule has 0 heterocycles. The highest BCUT2D eigenvalue weighted by Gasteiger charge is 2.35. The first kappa shape index (κ1) is 28.6. The maximum absolute atomic E-state index is 6.44. The highest BCUT2D eigenvalue weighted by Crippen LogP contribution is 2.31. The first-order valence-electron chi connectivity index (χ1n) is 13.3. The zero-order chi connectivity index (χ0) is 21.5. The fourth-order valence-corrected chi connectivity index (χ4v) is 8.43. The van der Waals surface area contributed by atoms with Gasteiger partial charge in [0.25, 0.3) is 8.32 Å². The highest BCUT2D eigenvalue weighted by atomic mass is 28.4. The zero-order valence-corrected chi connectivity index (χ0v) is 21.8. The van der Waals surface area contributed by atoms with Crippen molar-refractivity contribution in [1.82, 2.24) is 0 Å². The van der Waals surface area contributed by atoms with Crippen molar-refractivity contribution >= 4 is 8.32 Å². The number of unbranched alkanes of at least 4 members (excludes halogenated alkanes) is 15. The lowest BCUT2D eigenvalue weighted by Gasteiger charge is -2.29. The predicted molar refractivity (Wildman–Crippen MR) is 135 cm³/mol. The molecule has 0 fully saturated rings. The van der Waals surface area contributed by atoms with Crippen molar-refractivity contribution < 1.29 is 4.43 Å². The van der Waals surface area contributed by atoms with Crippen LogP contribution in [0.15, 0.2) is 0 Å². The van der Waals surface area contributed by atoms with Gasteiger partial charge >= 0.3 is 0 Å². The minimum Gasteiger partial charge on any atom is -0.500 e. The first-order chi connectivity index (χ1) is 14.2. The highest BCUT2D eigenvalue weighted by molar-refractivity contribution is 6.74. The largest absolute Gasteiger partial charge is 0.500 e. The van der Waals surface area contributed by atoms with Gasteiger partial charge in [0.15, 0.2) is 0 Å². The molecule has 0 N–H and O–H groups in total. The van der Waals surface area contributed by atoms with Gasteiger partial charge in [0.2, 0.25) is 0 Å². The van der Waals surface area contributed by atoms with Crippen LogP contribution in [0.25, 0.3) is 0 Å². The molecular formula is C27H54OSi. The molecule has 0 atom stereocenters. The lowest BCUT2D eigenvalue weighted by molar-refractivity contribution is 0.468. The van der Waals surface area contributed by atoms with Gasteiger partial charge in [0.05, 0.1) is 6.11 Å². The summed E-state index contributed by atoms with van der Waals surface area (Å²) in [5.74, 6) is 3.04. The third-order valence-electron chi connectivity index (χ3n) is 6.33. The van der Waals surface area contributed by atoms with Gasteiger partial charge in [-0.1, -0.05) is 142 Å². The van der Waals surface area contributed by atoms with Gasteiger partial charge in [-0.05, 0) is 18.1 Å². The standard InChI is InChI=1S/C27H54OSi/c1-5-9-12-15-18-21-25-29(28-24-8-4,26-22-19-16-13-10-6-2)27-23-20-17-14-11-7-3/h5-7,9-23,25-27H2,1-4H3. The molecule has 29 heavy (non-hydrogen) atoms. The van der Waals surface area contributed by atoms with Gasteiger partial charge in [-0.3, -0.25) is 0 Å². The van der Waals surface area contributed by atoms with E-state index in [1.165, 1.54) is 134 Å². The number of hydrogen-bond donors (Lipinski definition) is 0. The summed E-state index contributed by atoms with van der Waals surface area (Å²) in [4.78, 5) is 0. The summed E-state index contributed by atoms with van der Waals surface area (Å²) in [5, 5.41) is 0. The molecule has 0 amide bonds. The fourth-order valence-electron chi connectivity index (χ4n) is 4.37. The van der Waals surface area contributed by atoms with Gasteiger partial charge in [-0.25, -0.2) is 0 Å². The second-order valence-corrected chi connectivity index (χ2v) is 13.3. The lowest BCUT2D eigenvalue weighted by atomic mass is 10.1. The van der Waals surface area contributed by atoms with Crippen LogP contribution in [-0.2, 0) is 4.43 Å². The molecule has 0 radical (unpaired) electrons. The van der Waals surface area contributed by atoms with Crippen LogP contribution in [0.3, 0.4) is 0 Å². The fraction of sp³-hybridized carbons (Fsp3) is 0.926. The average Bonchev–Trinajstić information content (AvgIpc) is 2.74. The molecule has 0 aromatic rings. The van der Waals surface area contributed by atoms with Crippen LogP contribution < -0.4 is 0 Å². The van der Waals surface area contributed by atoms with Crippen molar-refractivity contribution in [3.8, 4) is 12.0 Å². The molecule has 0 unspecified atom stereocenters. The summed E-state index contributed by atoms with van der Waals surface area (Å²) >= 11 is 0. The Hall–Kier alpha value is -0.423. The summed E-state index contributed by atoms with van der Waals surface area (Å²) in [7, 11) is -1.70. The smallest absolute Gasteiger partial charge is 0.265 e. The Balaban J connectivity index is 4.58. The van der Waals surface area contributed by atoms with E-state index in [2.05, 4.69) is 32.8 Å². The summed E-state index contributed by atoms with van der Waals surface area (Å²) < 4.78 is 6.44. The molecule has 0 bridgehead atoms. The molecule has 0 aliphatic carbocycles. The van der Waals surface area contributed by atoms with Crippen molar-refractivity contribution in [1.29, 1.82) is 0 Å². The first-order valence-corrected chi connectivity index (χ1v) is 15.9. The molecule has 0 saturated heterocycles. The van der Waals surface area contributed by atoms with Crippen molar-refractivity contribution in [3.05, 3.63) is 0 Å². The molecule has 172 valence electrons. The van der Waals surface area contributed by atoms with Gasteiger partial charge in [-0.15, -0.1) is 0 Å². The average molecular weight is 423 g/mol. The molecule has 0 aromatic heterocycles. The molecule has 0 aliphatic rings. The van der Waals surface area contributed by atoms with E-state index < -0.39 is 8.32 Å². The van der Waals surface area contributed by atoms with Gasteiger partial charge in [-0.2, -0.15) is 0 Å². The van der Waals surface area contributed by atoms with Crippen LogP contribution in [-0.4, -0.2) is 8.32 Å². The molecule has 1 nitrogen and oxygen atoms in total. The molecular weight excluding hydrogens is 368 g/mol. The second-order valence-electron chi connectivity index (χ2n) is 9.19. The van der Waals surface area contributed by atoms with Crippen molar-refractivity contribution in [2.45, 2.75) is 161 Å². The van der Waals surface area contributed by atoms with E-state index >= 15 is 0 Å². The SMILES string of the molecule is CC#CO[Si](CCCCCCCC)(CCCCCCCC)CCCCCCCC. The Labute approximate surface area is 186 Å². The van der Waals surface area contributed by atoms with Gasteiger partial charge in [0, 0.05) is 6.92 Å². The Kier molecular flexibility index (Phi) is 21.9. The number of rotatable bonds is 22. The van der Waals surface area contributed by atoms with Crippen LogP contribution in [0.2, 0.25) is 18.1 Å². The molecule has 0 aliphatic heterocycles. The maximum Gasteiger partial charge on any atom is 0.265 e. The number of hydrogen-bond acceptors (Lipinski definition) is 1. The van der Waals surface area contributed by atoms with Crippen molar-refractivity contribution in [3.63, 3.8) is 0 Å². The lowest BCUT2D eigenvalue weighted by Crippen LogP contribution is -2.36. The summed E-state index contributed by atoms with van der Waals surface area (Å²) in [6, 6.07) is 4.03. The molecule has 0 saturated carbocycles. The minimum atomic E-state index is -1.70. The van der Waals surface area contributed by atoms with E-state index in [0.717, 1.165) is 0 Å². The van der Waals surface area contributed by atoms with E-state index in [1.54, 1.807) is 0 Å². The Morgan fingerprint density at radius 3 is 1.10 bits per heavy atom. The van der Waals surface area contributed by atoms with E-state index in [4.69, 9.17) is 4.43 Å². The minimum absolute atomic E-state index is 1.34. The van der Waals surface area contributed by atoms with Crippen LogP contribution in [0.4, 0.5) is 0 Å². The second kappa shape index (κ2) is 22.3.